The number of hydrogen-bond donors (Lipinski definition) is 2. The van der Waals surface area contributed by atoms with Crippen LogP contribution >= 0.6 is 11.3 Å². The van der Waals surface area contributed by atoms with Crippen LogP contribution in [0.15, 0.2) is 5.38 Å². The first-order chi connectivity index (χ1) is 9.76. The smallest absolute Gasteiger partial charge is 0.355 e. The molecule has 2 rings (SSSR count). The third-order valence-corrected chi connectivity index (χ3v) is 4.40. The van der Waals surface area contributed by atoms with Gasteiger partial charge in [0.2, 0.25) is 6.41 Å². The minimum Gasteiger partial charge on any atom is -0.476 e. The zero-order valence-corrected chi connectivity index (χ0v) is 13.4. The molecule has 0 saturated carbocycles. The van der Waals surface area contributed by atoms with E-state index in [1.807, 2.05) is 25.7 Å². The predicted octanol–water partition coefficient (Wildman–Crippen LogP) is 2.11. The van der Waals surface area contributed by atoms with Gasteiger partial charge in [-0.25, -0.2) is 9.78 Å². The van der Waals surface area contributed by atoms with E-state index in [1.54, 1.807) is 5.38 Å². The number of carboxylic acids is 1. The Balaban J connectivity index is 1.89. The molecular weight excluding hydrogens is 292 g/mol. The predicted molar refractivity (Wildman–Crippen MR) is 79.5 cm³/mol. The summed E-state index contributed by atoms with van der Waals surface area (Å²) in [5.41, 5.74) is -0.268. The Kier molecular flexibility index (Phi) is 4.98. The standard InChI is InChI=1S/C14H22N2O4S/c1-14(2,3)20-13(19)16-6-4-9(5-7-16)11-15-10(8-21-11)12(17)18/h8-9,13,19H,4-7H2,1-3H3,(H,17,18). The lowest BCUT2D eigenvalue weighted by atomic mass is 9.98. The average Bonchev–Trinajstić information content (AvgIpc) is 2.86. The number of piperidine rings is 1. The zero-order valence-electron chi connectivity index (χ0n) is 12.6. The van der Waals surface area contributed by atoms with Crippen LogP contribution in [0.1, 0.15) is 55.0 Å². The summed E-state index contributed by atoms with van der Waals surface area (Å²) in [6.45, 7) is 7.15. The Bertz CT molecular complexity index is 489. The molecular formula is C14H22N2O4S. The van der Waals surface area contributed by atoms with Crippen LogP contribution in [-0.2, 0) is 4.74 Å². The van der Waals surface area contributed by atoms with E-state index in [9.17, 15) is 9.90 Å². The third-order valence-electron chi connectivity index (χ3n) is 3.39. The number of nitrogens with zero attached hydrogens (tertiary/aromatic N) is 2. The summed E-state index contributed by atoms with van der Waals surface area (Å²) in [5.74, 6) is -0.717. The molecule has 21 heavy (non-hydrogen) atoms. The van der Waals surface area contributed by atoms with Crippen LogP contribution in [0.5, 0.6) is 0 Å². The first-order valence-electron chi connectivity index (χ1n) is 7.05. The highest BCUT2D eigenvalue weighted by molar-refractivity contribution is 7.09. The molecule has 1 saturated heterocycles. The maximum atomic E-state index is 10.9. The first kappa shape index (κ1) is 16.4. The van der Waals surface area contributed by atoms with Gasteiger partial charge < -0.3 is 14.9 Å². The van der Waals surface area contributed by atoms with Gasteiger partial charge in [0.15, 0.2) is 5.69 Å². The Hall–Kier alpha value is -1.02. The Morgan fingerprint density at radius 2 is 2.10 bits per heavy atom. The van der Waals surface area contributed by atoms with E-state index in [-0.39, 0.29) is 17.2 Å². The number of aromatic nitrogens is 1. The van der Waals surface area contributed by atoms with Gasteiger partial charge in [0.05, 0.1) is 10.6 Å². The van der Waals surface area contributed by atoms with Crippen molar-refractivity contribution in [2.45, 2.75) is 51.5 Å². The van der Waals surface area contributed by atoms with Crippen LogP contribution in [0.2, 0.25) is 0 Å². The number of thiazole rings is 1. The first-order valence-corrected chi connectivity index (χ1v) is 7.93. The molecule has 0 radical (unpaired) electrons. The molecule has 1 aliphatic rings. The van der Waals surface area contributed by atoms with E-state index in [4.69, 9.17) is 9.84 Å². The van der Waals surface area contributed by atoms with E-state index >= 15 is 0 Å². The number of carboxylic acid groups (broad SMARTS) is 1. The van der Waals surface area contributed by atoms with Gasteiger partial charge in [0.1, 0.15) is 0 Å². The molecule has 0 aromatic carbocycles. The maximum Gasteiger partial charge on any atom is 0.355 e. The number of ether oxygens (including phenoxy) is 1. The minimum atomic E-state index is -0.982. The second kappa shape index (κ2) is 6.39. The molecule has 1 atom stereocenters. The molecule has 1 aromatic rings. The fraction of sp³-hybridized carbons (Fsp3) is 0.714. The molecule has 6 nitrogen and oxygen atoms in total. The highest BCUT2D eigenvalue weighted by Gasteiger charge is 2.29. The highest BCUT2D eigenvalue weighted by atomic mass is 32.1. The molecule has 0 amide bonds. The van der Waals surface area contributed by atoms with Gasteiger partial charge in [0.25, 0.3) is 0 Å². The summed E-state index contributed by atoms with van der Waals surface area (Å²) >= 11 is 1.40. The summed E-state index contributed by atoms with van der Waals surface area (Å²) in [7, 11) is 0. The normalized spacial score (nSPS) is 19.6. The number of aromatic carboxylic acids is 1. The van der Waals surface area contributed by atoms with Gasteiger partial charge >= 0.3 is 5.97 Å². The van der Waals surface area contributed by atoms with Crippen molar-refractivity contribution in [3.63, 3.8) is 0 Å². The van der Waals surface area contributed by atoms with Crippen molar-refractivity contribution in [3.05, 3.63) is 16.1 Å². The molecule has 118 valence electrons. The summed E-state index contributed by atoms with van der Waals surface area (Å²) in [6.07, 6.45) is 0.797. The second-order valence-corrected chi connectivity index (χ2v) is 7.13. The molecule has 0 spiro atoms. The van der Waals surface area contributed by atoms with E-state index in [0.717, 1.165) is 17.8 Å². The van der Waals surface area contributed by atoms with Gasteiger partial charge in [0, 0.05) is 24.4 Å². The number of hydrogen-bond acceptors (Lipinski definition) is 6. The topological polar surface area (TPSA) is 82.9 Å². The highest BCUT2D eigenvalue weighted by Crippen LogP contribution is 2.31. The Morgan fingerprint density at radius 3 is 2.57 bits per heavy atom. The summed E-state index contributed by atoms with van der Waals surface area (Å²) in [5, 5.41) is 21.4. The third kappa shape index (κ3) is 4.47. The maximum absolute atomic E-state index is 10.9. The van der Waals surface area contributed by atoms with Crippen molar-refractivity contribution in [2.24, 2.45) is 0 Å². The van der Waals surface area contributed by atoms with E-state index in [1.165, 1.54) is 11.3 Å². The van der Waals surface area contributed by atoms with Gasteiger partial charge in [-0.2, -0.15) is 0 Å². The number of likely N-dealkylation sites (tertiary alicyclic amines) is 1. The van der Waals surface area contributed by atoms with Gasteiger partial charge in [-0.1, -0.05) is 0 Å². The Morgan fingerprint density at radius 1 is 1.48 bits per heavy atom. The Labute approximate surface area is 128 Å². The lowest BCUT2D eigenvalue weighted by Crippen LogP contribution is -2.45. The molecule has 0 aliphatic carbocycles. The van der Waals surface area contributed by atoms with Gasteiger partial charge in [-0.3, -0.25) is 4.90 Å². The molecule has 7 heteroatoms. The van der Waals surface area contributed by atoms with Crippen LogP contribution < -0.4 is 0 Å². The van der Waals surface area contributed by atoms with Crippen LogP contribution in [0.3, 0.4) is 0 Å². The van der Waals surface area contributed by atoms with Crippen molar-refractivity contribution in [3.8, 4) is 0 Å². The average molecular weight is 314 g/mol. The van der Waals surface area contributed by atoms with Crippen molar-refractivity contribution < 1.29 is 19.7 Å². The minimum absolute atomic E-state index is 0.119. The fourth-order valence-electron chi connectivity index (χ4n) is 2.33. The largest absolute Gasteiger partial charge is 0.476 e. The van der Waals surface area contributed by atoms with Gasteiger partial charge in [-0.05, 0) is 33.6 Å². The molecule has 2 heterocycles. The van der Waals surface area contributed by atoms with Gasteiger partial charge in [-0.15, -0.1) is 11.3 Å². The zero-order chi connectivity index (χ0) is 15.6. The van der Waals surface area contributed by atoms with E-state index in [2.05, 4.69) is 4.98 Å². The molecule has 2 N–H and O–H groups in total. The van der Waals surface area contributed by atoms with Crippen LogP contribution in [0, 0.1) is 0 Å². The van der Waals surface area contributed by atoms with E-state index < -0.39 is 12.4 Å². The summed E-state index contributed by atoms with van der Waals surface area (Å²) in [6, 6.07) is 0. The number of carbonyl (C=O) groups is 1. The molecule has 1 aliphatic heterocycles. The lowest BCUT2D eigenvalue weighted by Gasteiger charge is -2.36. The van der Waals surface area contributed by atoms with Crippen molar-refractivity contribution in [2.75, 3.05) is 13.1 Å². The van der Waals surface area contributed by atoms with Crippen molar-refractivity contribution >= 4 is 17.3 Å². The van der Waals surface area contributed by atoms with Crippen LogP contribution in [0.25, 0.3) is 0 Å². The molecule has 0 bridgehead atoms. The SMILES string of the molecule is CC(C)(C)OC(O)N1CCC(c2nc(C(=O)O)cs2)CC1. The second-order valence-electron chi connectivity index (χ2n) is 6.24. The van der Waals surface area contributed by atoms with Crippen molar-refractivity contribution in [1.29, 1.82) is 0 Å². The lowest BCUT2D eigenvalue weighted by molar-refractivity contribution is -0.242. The van der Waals surface area contributed by atoms with Crippen molar-refractivity contribution in [1.82, 2.24) is 9.88 Å². The quantitative estimate of drug-likeness (QED) is 0.828. The van der Waals surface area contributed by atoms with Crippen LogP contribution in [-0.4, -0.2) is 51.2 Å². The summed E-state index contributed by atoms with van der Waals surface area (Å²) < 4.78 is 5.54. The molecule has 1 aromatic heterocycles. The monoisotopic (exact) mass is 314 g/mol. The van der Waals surface area contributed by atoms with Crippen LogP contribution in [0.4, 0.5) is 0 Å². The number of aliphatic hydroxyl groups is 1. The number of aliphatic hydroxyl groups excluding tert-OH is 1. The fourth-order valence-corrected chi connectivity index (χ4v) is 3.30. The molecule has 1 unspecified atom stereocenters. The number of rotatable bonds is 4. The summed E-state index contributed by atoms with van der Waals surface area (Å²) in [4.78, 5) is 16.9. The molecule has 1 fully saturated rings. The van der Waals surface area contributed by atoms with E-state index in [0.29, 0.717) is 13.1 Å².